The summed E-state index contributed by atoms with van der Waals surface area (Å²) in [4.78, 5) is 145. The Hall–Kier alpha value is -13.3. The predicted molar refractivity (Wildman–Crippen MR) is 490 cm³/mol. The summed E-state index contributed by atoms with van der Waals surface area (Å²) >= 11 is 2.90. The van der Waals surface area contributed by atoms with Crippen molar-refractivity contribution < 1.29 is 148 Å². The highest BCUT2D eigenvalue weighted by molar-refractivity contribution is 7.81. The second-order valence-electron chi connectivity index (χ2n) is 33.2. The largest absolute Gasteiger partial charge is 0.724 e. The molecule has 57 heteroatoms. The number of anilines is 3. The zero-order chi connectivity index (χ0) is 102. The molecule has 750 valence electrons. The Morgan fingerprint density at radius 1 is 0.554 bits per heavy atom. The van der Waals surface area contributed by atoms with E-state index in [0.29, 0.717) is 38.4 Å². The highest BCUT2D eigenvalue weighted by atomic mass is 32.3. The number of β-lactam (4-membered cyclic amide) rings is 3. The van der Waals surface area contributed by atoms with E-state index in [4.69, 9.17) is 50.5 Å². The molecule has 5 aliphatic rings. The number of rotatable bonds is 46. The maximum atomic E-state index is 13.3. The highest BCUT2D eigenvalue weighted by Gasteiger charge is 2.60. The van der Waals surface area contributed by atoms with Crippen molar-refractivity contribution in [1.82, 2.24) is 60.8 Å². The van der Waals surface area contributed by atoms with E-state index in [2.05, 4.69) is 118 Å². The molecule has 10 heterocycles. The maximum Gasteiger partial charge on any atom is 0.418 e. The van der Waals surface area contributed by atoms with Gasteiger partial charge in [0.25, 0.3) is 47.7 Å². The van der Waals surface area contributed by atoms with Gasteiger partial charge >= 0.3 is 28.3 Å². The summed E-state index contributed by atoms with van der Waals surface area (Å²) in [5.74, 6) is -8.30. The van der Waals surface area contributed by atoms with Crippen molar-refractivity contribution in [3.05, 3.63) is 130 Å². The van der Waals surface area contributed by atoms with Crippen molar-refractivity contribution in [3.8, 4) is 39.5 Å². The first-order valence-corrected chi connectivity index (χ1v) is 49.2. The first-order valence-electron chi connectivity index (χ1n) is 42.6. The lowest BCUT2D eigenvalue weighted by atomic mass is 9.84. The van der Waals surface area contributed by atoms with Crippen LogP contribution in [0.4, 0.5) is 21.1 Å². The Balaban J connectivity index is 0.000000201. The van der Waals surface area contributed by atoms with E-state index < -0.39 is 168 Å². The lowest BCUT2D eigenvalue weighted by Gasteiger charge is -2.51. The number of nitrogens with two attached hydrogens (primary N) is 3. The molecule has 3 aromatic carbocycles. The molecular formula is C82H101N21O30S6. The SMILES string of the molecule is CCC1=Nc2cc(-c3ccc(OC[C@H](O/N=C(\C(=O)N[C@@H]4C(=O)N(OS(=O)(=O)O)C4(C)C)c4csc(N)n4)C(=O)O)cc3)ccc2C1.CCCCn1cc(-c2ccc(OCCC[C@H](O/N=C(\C(=O)N[C@@H]3C(=O)N(OS(=O)(=O)[O-])C3(C)C)c3csc(N)n3)C(=O)O)cc2)c[n+]1CC1CNC1.CCCCn1cc(OC[C@H](ON=C(C(=O)NC2C(=O)N(OS(=O)(=O)[O-])C2(C)C)c2csc(N)n2)C(=O)O)c[n+]1C. The molecule has 8 aromatic rings. The van der Waals surface area contributed by atoms with Crippen molar-refractivity contribution in [2.45, 2.75) is 186 Å². The van der Waals surface area contributed by atoms with Gasteiger partial charge in [0.05, 0.1) is 53.8 Å². The average molecular weight is 2050 g/mol. The lowest BCUT2D eigenvalue weighted by Crippen LogP contribution is -2.76. The normalized spacial score (nSPS) is 17.8. The standard InChI is InChI=1S/C32H42N8O10S2.C29H30N6O10S2.C21H29N7O10S2/c1-4-5-12-38-17-22(18-39(38)16-20-14-34-15-20)21-8-10-23(11-9-21)48-13-6-7-25(30(43)44)49-37-26(24-19-51-31(33)35-24)28(41)36-27-29(42)40(32(27,2)3)50-52(45,46)47;1-4-18-11-17-6-5-16(12-20(17)31-18)15-7-9-19(10-8-15)43-13-22(27(38)39)44-34-23(21-14-46-28(30)32-21)25(36)33-24-26(37)35(29(24,2)3)45-47(40,41)42;1-5-6-7-27-9-12(8-26(27)4)36-10-14(19(31)32)37-25-15(13-11-39-20(22)23-13)17(29)24-16-18(30)28(21(16,2)3)38-40(33,34)35/h8-11,17-20,25,27,34H,4-7,12-16H2,1-3H3,(H4-,33,35,36,41,43,44,45,46,47);5-10,12,14,22,24H,4,11,13H2,1-3H3,(H2,30,32)(H,33,36)(H,38,39)(H,40,41,42);8-9,11,14,16H,5-7,10H2,1-4H3,(H4-,22,23,24,29,31,32,33,34,35)/b37-26-;34-23-;/t25-,27+;22-,24+;14-,16?/m000/s1. The van der Waals surface area contributed by atoms with Crippen molar-refractivity contribution in [2.75, 3.05) is 50.1 Å². The summed E-state index contributed by atoms with van der Waals surface area (Å²) in [7, 11) is -13.7. The first kappa shape index (κ1) is 106. The van der Waals surface area contributed by atoms with Gasteiger partial charge in [0.15, 0.2) is 46.1 Å². The summed E-state index contributed by atoms with van der Waals surface area (Å²) in [6.45, 7) is 18.4. The summed E-state index contributed by atoms with van der Waals surface area (Å²) in [5.41, 5.74) is 18.3. The molecule has 6 amide bonds. The topological polar surface area (TPSA) is 708 Å². The number of unbranched alkanes of at least 4 members (excludes halogenated alkanes) is 2. The number of benzene rings is 3. The second kappa shape index (κ2) is 45.1. The lowest BCUT2D eigenvalue weighted by molar-refractivity contribution is -0.781. The first-order chi connectivity index (χ1) is 65.4. The zero-order valence-electron chi connectivity index (χ0n) is 76.1. The molecular weight excluding hydrogens is 1950 g/mol. The number of carbonyl (C=O) groups excluding carboxylic acids is 6. The fourth-order valence-corrected chi connectivity index (χ4v) is 17.0. The number of nitrogens with one attached hydrogen (secondary N) is 4. The number of ether oxygens (including phenoxy) is 3. The number of carboxylic acids is 3. The van der Waals surface area contributed by atoms with Crippen LogP contribution in [-0.4, -0.2) is 256 Å². The third-order valence-electron chi connectivity index (χ3n) is 21.9. The van der Waals surface area contributed by atoms with Crippen molar-refractivity contribution in [1.29, 1.82) is 0 Å². The van der Waals surface area contributed by atoms with Crippen LogP contribution in [0.3, 0.4) is 0 Å². The summed E-state index contributed by atoms with van der Waals surface area (Å²) in [6.07, 6.45) is 9.05. The molecule has 0 radical (unpaired) electrons. The molecule has 0 spiro atoms. The number of nitrogen functional groups attached to an aromatic ring is 3. The van der Waals surface area contributed by atoms with Gasteiger partial charge in [0, 0.05) is 53.7 Å². The van der Waals surface area contributed by atoms with Gasteiger partial charge in [0.1, 0.15) is 66.1 Å². The number of aliphatic imine (C=N–C) groups is 1. The van der Waals surface area contributed by atoms with Crippen LogP contribution in [-0.2, 0) is 135 Å². The molecule has 5 aromatic heterocycles. The highest BCUT2D eigenvalue weighted by Crippen LogP contribution is 2.38. The van der Waals surface area contributed by atoms with Crippen LogP contribution in [0.5, 0.6) is 17.2 Å². The van der Waals surface area contributed by atoms with E-state index in [9.17, 15) is 92.8 Å². The van der Waals surface area contributed by atoms with Crippen LogP contribution in [0.1, 0.15) is 130 Å². The van der Waals surface area contributed by atoms with E-state index >= 15 is 0 Å². The number of carbonyl (C=O) groups is 9. The van der Waals surface area contributed by atoms with E-state index in [-0.39, 0.29) is 51.9 Å². The van der Waals surface area contributed by atoms with Gasteiger partial charge in [-0.05, 0) is 120 Å². The second-order valence-corrected chi connectivity index (χ2v) is 38.8. The van der Waals surface area contributed by atoms with Crippen LogP contribution < -0.4 is 62.0 Å². The number of aryl methyl sites for hydroxylation is 3. The van der Waals surface area contributed by atoms with E-state index in [0.717, 1.165) is 139 Å². The van der Waals surface area contributed by atoms with E-state index in [1.54, 1.807) is 29.2 Å². The fourth-order valence-electron chi connectivity index (χ4n) is 14.1. The van der Waals surface area contributed by atoms with Crippen LogP contribution in [0, 0.1) is 5.92 Å². The quantitative estimate of drug-likeness (QED) is 0.00496. The summed E-state index contributed by atoms with van der Waals surface area (Å²) < 4.78 is 135. The minimum Gasteiger partial charge on any atom is -0.724 e. The molecule has 4 fully saturated rings. The molecule has 4 saturated heterocycles. The zero-order valence-corrected chi connectivity index (χ0v) is 81.0. The Labute approximate surface area is 806 Å². The van der Waals surface area contributed by atoms with Gasteiger partial charge in [0.2, 0.25) is 45.0 Å². The summed E-state index contributed by atoms with van der Waals surface area (Å²) in [6, 6.07) is 16.8. The monoisotopic (exact) mass is 2050 g/mol. The van der Waals surface area contributed by atoms with Crippen molar-refractivity contribution in [3.63, 3.8) is 0 Å². The summed E-state index contributed by atoms with van der Waals surface area (Å²) in [5, 5.41) is 56.1. The Bertz CT molecular complexity index is 6370. The third-order valence-corrected chi connectivity index (χ3v) is 24.9. The Kier molecular flexibility index (Phi) is 34.4. The maximum absolute atomic E-state index is 13.3. The number of nitrogens with zero attached hydrogens (tertiary/aromatic N) is 14. The number of fused-ring (bicyclic) bond motifs is 1. The molecule has 6 atom stereocenters. The minimum atomic E-state index is -5.26. The Morgan fingerprint density at radius 3 is 1.35 bits per heavy atom. The molecule has 51 nitrogen and oxygen atoms in total. The number of carboxylic acid groups (broad SMARTS) is 3. The van der Waals surface area contributed by atoms with Crippen LogP contribution >= 0.6 is 34.0 Å². The number of hydroxylamine groups is 6. The van der Waals surface area contributed by atoms with Gasteiger partial charge in [-0.2, -0.15) is 41.5 Å². The number of hydrogen-bond donors (Lipinski definition) is 11. The molecule has 0 bridgehead atoms. The molecule has 5 aliphatic heterocycles. The van der Waals surface area contributed by atoms with Crippen molar-refractivity contribution >= 4 is 162 Å². The van der Waals surface area contributed by atoms with Gasteiger partial charge in [-0.15, -0.1) is 47.7 Å². The number of aromatic nitrogens is 7. The number of aliphatic carboxylic acids is 3. The fraction of sp³-hybridized carbons (Fsp3) is 0.439. The van der Waals surface area contributed by atoms with Crippen LogP contribution in [0.15, 0.2) is 128 Å². The number of thiazole rings is 3. The van der Waals surface area contributed by atoms with Gasteiger partial charge < -0.3 is 91.6 Å². The average Bonchev–Trinajstić information content (AvgIpc) is 0.773. The molecule has 0 aliphatic carbocycles. The predicted octanol–water partition coefficient (Wildman–Crippen LogP) is 2.46. The third kappa shape index (κ3) is 27.4. The number of hydrogen-bond acceptors (Lipinski definition) is 40. The molecule has 1 unspecified atom stereocenters. The van der Waals surface area contributed by atoms with Gasteiger partial charge in [-0.3, -0.25) is 38.3 Å². The van der Waals surface area contributed by atoms with Gasteiger partial charge in [-0.1, -0.05) is 85.5 Å². The van der Waals surface area contributed by atoms with E-state index in [1.165, 1.54) is 63.2 Å². The van der Waals surface area contributed by atoms with Gasteiger partial charge in [-0.25, -0.2) is 46.2 Å². The van der Waals surface area contributed by atoms with Crippen LogP contribution in [0.2, 0.25) is 0 Å². The number of oxime groups is 3. The number of amides is 6. The van der Waals surface area contributed by atoms with Crippen LogP contribution in [0.25, 0.3) is 22.3 Å². The van der Waals surface area contributed by atoms with Crippen molar-refractivity contribution in [2.24, 2.45) is 33.4 Å². The molecule has 139 heavy (non-hydrogen) atoms. The van der Waals surface area contributed by atoms with E-state index in [1.807, 2.05) is 60.3 Å². The molecule has 13 rings (SSSR count). The Morgan fingerprint density at radius 2 is 0.964 bits per heavy atom. The minimum absolute atomic E-state index is 0.0308. The molecule has 14 N–H and O–H groups in total. The molecule has 0 saturated carbocycles. The smallest absolute Gasteiger partial charge is 0.418 e.